The highest BCUT2D eigenvalue weighted by Crippen LogP contribution is 2.31. The molecule has 2 N–H and O–H groups in total. The van der Waals surface area contributed by atoms with E-state index in [2.05, 4.69) is 0 Å². The average molecular weight is 209 g/mol. The molecule has 0 aliphatic heterocycles. The van der Waals surface area contributed by atoms with Crippen LogP contribution in [0, 0.1) is 0 Å². The molecular formula is C11H15NO3. The van der Waals surface area contributed by atoms with E-state index in [0.29, 0.717) is 30.0 Å². The molecule has 0 heterocycles. The summed E-state index contributed by atoms with van der Waals surface area (Å²) in [4.78, 5) is 10.8. The van der Waals surface area contributed by atoms with E-state index in [1.165, 1.54) is 7.11 Å². The number of carbonyl (C=O) groups excluding carboxylic acids is 1. The number of hydrogen-bond acceptors (Lipinski definition) is 4. The summed E-state index contributed by atoms with van der Waals surface area (Å²) in [7, 11) is 3.05. The molecule has 4 heteroatoms. The van der Waals surface area contributed by atoms with Crippen LogP contribution in [0.15, 0.2) is 12.1 Å². The number of methoxy groups -OCH3 is 2. The molecule has 15 heavy (non-hydrogen) atoms. The molecule has 0 bridgehead atoms. The van der Waals surface area contributed by atoms with Crippen LogP contribution in [0.3, 0.4) is 0 Å². The van der Waals surface area contributed by atoms with E-state index in [-0.39, 0.29) is 0 Å². The second-order valence-electron chi connectivity index (χ2n) is 3.08. The quantitative estimate of drug-likeness (QED) is 0.735. The van der Waals surface area contributed by atoms with Gasteiger partial charge in [-0.3, -0.25) is 4.79 Å². The molecule has 0 aromatic heterocycles. The highest BCUT2D eigenvalue weighted by atomic mass is 16.5. The summed E-state index contributed by atoms with van der Waals surface area (Å²) in [5.74, 6) is 1.03. The summed E-state index contributed by atoms with van der Waals surface area (Å²) in [6, 6.07) is 3.60. The third-order valence-corrected chi connectivity index (χ3v) is 2.13. The third-order valence-electron chi connectivity index (χ3n) is 2.13. The van der Waals surface area contributed by atoms with Gasteiger partial charge in [-0.15, -0.1) is 0 Å². The molecule has 0 atom stereocenters. The molecule has 0 saturated heterocycles. The van der Waals surface area contributed by atoms with Gasteiger partial charge in [-0.2, -0.15) is 0 Å². The second-order valence-corrected chi connectivity index (χ2v) is 3.08. The molecule has 0 saturated carbocycles. The zero-order valence-corrected chi connectivity index (χ0v) is 8.95. The first kappa shape index (κ1) is 11.5. The highest BCUT2D eigenvalue weighted by molar-refractivity contribution is 5.81. The molecule has 1 aromatic rings. The van der Waals surface area contributed by atoms with Crippen LogP contribution in [0.25, 0.3) is 0 Å². The number of carbonyl (C=O) groups is 1. The Morgan fingerprint density at radius 1 is 1.33 bits per heavy atom. The fourth-order valence-corrected chi connectivity index (χ4v) is 1.45. The molecule has 1 aromatic carbocycles. The predicted octanol–water partition coefficient (Wildman–Crippen LogP) is 1.02. The predicted molar refractivity (Wildman–Crippen MR) is 57.7 cm³/mol. The lowest BCUT2D eigenvalue weighted by atomic mass is 10.1. The molecule has 82 valence electrons. The molecular weight excluding hydrogens is 194 g/mol. The number of aldehydes is 1. The van der Waals surface area contributed by atoms with Crippen LogP contribution in [0.2, 0.25) is 0 Å². The Bertz CT molecular complexity index is 350. The Kier molecular flexibility index (Phi) is 4.12. The van der Waals surface area contributed by atoms with Crippen molar-refractivity contribution in [2.24, 2.45) is 5.73 Å². The van der Waals surface area contributed by atoms with Gasteiger partial charge in [0.05, 0.1) is 19.8 Å². The maximum Gasteiger partial charge on any atom is 0.171 e. The van der Waals surface area contributed by atoms with Gasteiger partial charge in [-0.1, -0.05) is 0 Å². The SMILES string of the molecule is COc1cc(CCN)cc(C=O)c1OC. The van der Waals surface area contributed by atoms with Crippen molar-refractivity contribution in [2.45, 2.75) is 6.42 Å². The lowest BCUT2D eigenvalue weighted by Gasteiger charge is -2.11. The van der Waals surface area contributed by atoms with Gasteiger partial charge in [-0.05, 0) is 30.7 Å². The molecule has 1 rings (SSSR count). The van der Waals surface area contributed by atoms with Crippen LogP contribution in [-0.2, 0) is 6.42 Å². The van der Waals surface area contributed by atoms with Gasteiger partial charge in [-0.25, -0.2) is 0 Å². The molecule has 0 aliphatic carbocycles. The zero-order valence-electron chi connectivity index (χ0n) is 8.95. The lowest BCUT2D eigenvalue weighted by molar-refractivity contribution is 0.112. The van der Waals surface area contributed by atoms with E-state index >= 15 is 0 Å². The van der Waals surface area contributed by atoms with Crippen molar-refractivity contribution in [3.05, 3.63) is 23.3 Å². The monoisotopic (exact) mass is 209 g/mol. The van der Waals surface area contributed by atoms with Crippen LogP contribution in [0.4, 0.5) is 0 Å². The largest absolute Gasteiger partial charge is 0.493 e. The van der Waals surface area contributed by atoms with Gasteiger partial charge in [0.25, 0.3) is 0 Å². The maximum absolute atomic E-state index is 10.8. The highest BCUT2D eigenvalue weighted by Gasteiger charge is 2.11. The molecule has 0 amide bonds. The van der Waals surface area contributed by atoms with Crippen molar-refractivity contribution in [2.75, 3.05) is 20.8 Å². The summed E-state index contributed by atoms with van der Waals surface area (Å²) < 4.78 is 10.2. The Labute approximate surface area is 89.0 Å². The van der Waals surface area contributed by atoms with E-state index in [4.69, 9.17) is 15.2 Å². The van der Waals surface area contributed by atoms with Crippen molar-refractivity contribution in [1.29, 1.82) is 0 Å². The van der Waals surface area contributed by atoms with E-state index in [0.717, 1.165) is 11.8 Å². The molecule has 4 nitrogen and oxygen atoms in total. The topological polar surface area (TPSA) is 61.5 Å². The zero-order chi connectivity index (χ0) is 11.3. The van der Waals surface area contributed by atoms with Crippen LogP contribution >= 0.6 is 0 Å². The van der Waals surface area contributed by atoms with Crippen LogP contribution in [-0.4, -0.2) is 27.1 Å². The minimum absolute atomic E-state index is 0.466. The Hall–Kier alpha value is -1.55. The van der Waals surface area contributed by atoms with E-state index in [9.17, 15) is 4.79 Å². The normalized spacial score (nSPS) is 9.80. The molecule has 0 aliphatic rings. The van der Waals surface area contributed by atoms with Gasteiger partial charge < -0.3 is 15.2 Å². The third kappa shape index (κ3) is 2.47. The molecule has 0 radical (unpaired) electrons. The first-order valence-electron chi connectivity index (χ1n) is 4.67. The van der Waals surface area contributed by atoms with Crippen LogP contribution in [0.5, 0.6) is 11.5 Å². The fraction of sp³-hybridized carbons (Fsp3) is 0.364. The van der Waals surface area contributed by atoms with Gasteiger partial charge in [0.15, 0.2) is 17.8 Å². The van der Waals surface area contributed by atoms with Crippen molar-refractivity contribution in [3.63, 3.8) is 0 Å². The fourth-order valence-electron chi connectivity index (χ4n) is 1.45. The number of benzene rings is 1. The molecule has 0 unspecified atom stereocenters. The Morgan fingerprint density at radius 2 is 2.07 bits per heavy atom. The standard InChI is InChI=1S/C11H15NO3/c1-14-10-6-8(3-4-12)5-9(7-13)11(10)15-2/h5-7H,3-4,12H2,1-2H3. The number of rotatable bonds is 5. The second kappa shape index (κ2) is 5.36. The summed E-state index contributed by atoms with van der Waals surface area (Å²) in [5.41, 5.74) is 6.91. The summed E-state index contributed by atoms with van der Waals surface area (Å²) in [6.07, 6.45) is 1.46. The van der Waals surface area contributed by atoms with Gasteiger partial charge in [0, 0.05) is 0 Å². The molecule has 0 spiro atoms. The summed E-state index contributed by atoms with van der Waals surface area (Å²) in [5, 5.41) is 0. The first-order chi connectivity index (χ1) is 7.26. The number of ether oxygens (including phenoxy) is 2. The Morgan fingerprint density at radius 3 is 2.53 bits per heavy atom. The van der Waals surface area contributed by atoms with Crippen LogP contribution in [0.1, 0.15) is 15.9 Å². The van der Waals surface area contributed by atoms with Gasteiger partial charge in [0.1, 0.15) is 0 Å². The van der Waals surface area contributed by atoms with Gasteiger partial charge >= 0.3 is 0 Å². The maximum atomic E-state index is 10.8. The summed E-state index contributed by atoms with van der Waals surface area (Å²) >= 11 is 0. The van der Waals surface area contributed by atoms with E-state index in [1.54, 1.807) is 13.2 Å². The minimum Gasteiger partial charge on any atom is -0.493 e. The van der Waals surface area contributed by atoms with E-state index < -0.39 is 0 Å². The van der Waals surface area contributed by atoms with E-state index in [1.807, 2.05) is 6.07 Å². The van der Waals surface area contributed by atoms with Gasteiger partial charge in [0.2, 0.25) is 0 Å². The average Bonchev–Trinajstić information content (AvgIpc) is 2.28. The van der Waals surface area contributed by atoms with Crippen molar-refractivity contribution in [3.8, 4) is 11.5 Å². The lowest BCUT2D eigenvalue weighted by Crippen LogP contribution is -2.04. The summed E-state index contributed by atoms with van der Waals surface area (Å²) in [6.45, 7) is 0.535. The number of nitrogens with two attached hydrogens (primary N) is 1. The smallest absolute Gasteiger partial charge is 0.171 e. The first-order valence-corrected chi connectivity index (χ1v) is 4.67. The van der Waals surface area contributed by atoms with Crippen molar-refractivity contribution < 1.29 is 14.3 Å². The molecule has 0 fully saturated rings. The minimum atomic E-state index is 0.466. The number of hydrogen-bond donors (Lipinski definition) is 1. The van der Waals surface area contributed by atoms with Crippen LogP contribution < -0.4 is 15.2 Å². The van der Waals surface area contributed by atoms with Crippen molar-refractivity contribution in [1.82, 2.24) is 0 Å². The van der Waals surface area contributed by atoms with Crippen molar-refractivity contribution >= 4 is 6.29 Å². The Balaban J connectivity index is 3.22.